The number of carboxylic acids is 1. The van der Waals surface area contributed by atoms with Crippen LogP contribution in [0.5, 0.6) is 5.75 Å². The molecule has 0 spiro atoms. The largest absolute Gasteiger partial charge is 0.497 e. The fourth-order valence-corrected chi connectivity index (χ4v) is 4.25. The Kier molecular flexibility index (Phi) is 6.08. The van der Waals surface area contributed by atoms with Gasteiger partial charge >= 0.3 is 12.1 Å². The maximum absolute atomic E-state index is 14.8. The standard InChI is InChI=1S/C23H25FN2O5/c1-30-18-6-7-20(19(24)12-18)26(13-15-2-4-17(5-3-15)22(27)28)23(29)31-21-14-25-10-8-16(21)9-11-25/h2-7,12,16,21H,8-11,13-14H2,1H3,(H,27,28)/t21-/m0/s1. The second-order valence-electron chi connectivity index (χ2n) is 7.97. The predicted octanol–water partition coefficient (Wildman–Crippen LogP) is 3.77. The minimum Gasteiger partial charge on any atom is -0.497 e. The number of methoxy groups -OCH3 is 1. The number of carbonyl (C=O) groups is 2. The third-order valence-electron chi connectivity index (χ3n) is 6.06. The van der Waals surface area contributed by atoms with Crippen molar-refractivity contribution in [1.29, 1.82) is 0 Å². The molecular formula is C23H25FN2O5. The highest BCUT2D eigenvalue weighted by Gasteiger charge is 2.37. The van der Waals surface area contributed by atoms with Crippen molar-refractivity contribution in [2.75, 3.05) is 31.6 Å². The first-order chi connectivity index (χ1) is 14.9. The van der Waals surface area contributed by atoms with Gasteiger partial charge in [-0.3, -0.25) is 9.80 Å². The number of hydrogen-bond acceptors (Lipinski definition) is 5. The number of aromatic carboxylic acids is 1. The van der Waals surface area contributed by atoms with Gasteiger partial charge in [-0.15, -0.1) is 0 Å². The summed E-state index contributed by atoms with van der Waals surface area (Å²) in [5.74, 6) is -0.970. The monoisotopic (exact) mass is 428 g/mol. The van der Waals surface area contributed by atoms with E-state index in [0.29, 0.717) is 23.8 Å². The molecule has 8 heteroatoms. The van der Waals surface area contributed by atoms with E-state index < -0.39 is 17.9 Å². The summed E-state index contributed by atoms with van der Waals surface area (Å²) < 4.78 is 25.7. The summed E-state index contributed by atoms with van der Waals surface area (Å²) in [5.41, 5.74) is 0.876. The fraction of sp³-hybridized carbons (Fsp3) is 0.391. The smallest absolute Gasteiger partial charge is 0.415 e. The van der Waals surface area contributed by atoms with Gasteiger partial charge in [0.25, 0.3) is 0 Å². The van der Waals surface area contributed by atoms with Crippen LogP contribution in [0.3, 0.4) is 0 Å². The Morgan fingerprint density at radius 2 is 1.87 bits per heavy atom. The van der Waals surface area contributed by atoms with E-state index in [4.69, 9.17) is 14.6 Å². The van der Waals surface area contributed by atoms with E-state index in [1.807, 2.05) is 0 Å². The number of piperidine rings is 3. The molecule has 1 atom stereocenters. The number of carboxylic acid groups (broad SMARTS) is 1. The van der Waals surface area contributed by atoms with Crippen LogP contribution < -0.4 is 9.64 Å². The van der Waals surface area contributed by atoms with Gasteiger partial charge in [0, 0.05) is 12.6 Å². The van der Waals surface area contributed by atoms with Crippen molar-refractivity contribution in [3.63, 3.8) is 0 Å². The maximum atomic E-state index is 14.8. The average Bonchev–Trinajstić information content (AvgIpc) is 2.78. The molecule has 2 bridgehead atoms. The van der Waals surface area contributed by atoms with Crippen molar-refractivity contribution >= 4 is 17.7 Å². The zero-order valence-electron chi connectivity index (χ0n) is 17.3. The lowest BCUT2D eigenvalue weighted by atomic mass is 9.86. The molecule has 2 aromatic carbocycles. The van der Waals surface area contributed by atoms with Gasteiger partial charge in [0.1, 0.15) is 11.9 Å². The molecular weight excluding hydrogens is 403 g/mol. The van der Waals surface area contributed by atoms with Gasteiger partial charge in [0.15, 0.2) is 5.82 Å². The Balaban J connectivity index is 1.58. The van der Waals surface area contributed by atoms with E-state index in [0.717, 1.165) is 25.9 Å². The summed E-state index contributed by atoms with van der Waals surface area (Å²) in [6.45, 7) is 2.78. The number of carbonyl (C=O) groups excluding carboxylic acids is 1. The molecule has 1 amide bonds. The van der Waals surface area contributed by atoms with Gasteiger partial charge in [-0.05, 0) is 61.7 Å². The molecule has 2 aromatic rings. The number of rotatable bonds is 6. The summed E-state index contributed by atoms with van der Waals surface area (Å²) in [7, 11) is 1.44. The van der Waals surface area contributed by atoms with Gasteiger partial charge in [0.05, 0.1) is 24.9 Å². The van der Waals surface area contributed by atoms with Crippen molar-refractivity contribution < 1.29 is 28.6 Å². The highest BCUT2D eigenvalue weighted by molar-refractivity contribution is 5.89. The first-order valence-electron chi connectivity index (χ1n) is 10.3. The number of anilines is 1. The molecule has 0 saturated carbocycles. The number of nitrogens with zero attached hydrogens (tertiary/aromatic N) is 2. The highest BCUT2D eigenvalue weighted by Crippen LogP contribution is 2.32. The topological polar surface area (TPSA) is 79.3 Å². The lowest BCUT2D eigenvalue weighted by Gasteiger charge is -2.44. The molecule has 0 aromatic heterocycles. The lowest BCUT2D eigenvalue weighted by molar-refractivity contribution is -0.0311. The summed E-state index contributed by atoms with van der Waals surface area (Å²) in [5, 5.41) is 9.09. The molecule has 3 aliphatic heterocycles. The van der Waals surface area contributed by atoms with E-state index >= 15 is 0 Å². The maximum Gasteiger partial charge on any atom is 0.415 e. The van der Waals surface area contributed by atoms with Crippen LogP contribution in [0, 0.1) is 11.7 Å². The molecule has 164 valence electrons. The molecule has 0 unspecified atom stereocenters. The van der Waals surface area contributed by atoms with Crippen LogP contribution in [-0.4, -0.2) is 54.9 Å². The van der Waals surface area contributed by atoms with E-state index in [2.05, 4.69) is 4.90 Å². The summed E-state index contributed by atoms with van der Waals surface area (Å²) in [6, 6.07) is 10.4. The van der Waals surface area contributed by atoms with Crippen LogP contribution in [0.25, 0.3) is 0 Å². The molecule has 5 rings (SSSR count). The van der Waals surface area contributed by atoms with Crippen LogP contribution in [0.1, 0.15) is 28.8 Å². The number of halogens is 1. The van der Waals surface area contributed by atoms with Gasteiger partial charge in [-0.2, -0.15) is 0 Å². The van der Waals surface area contributed by atoms with E-state index in [-0.39, 0.29) is 23.9 Å². The van der Waals surface area contributed by atoms with Crippen LogP contribution >= 0.6 is 0 Å². The van der Waals surface area contributed by atoms with Gasteiger partial charge in [-0.25, -0.2) is 14.0 Å². The van der Waals surface area contributed by atoms with Crippen molar-refractivity contribution in [2.24, 2.45) is 5.92 Å². The van der Waals surface area contributed by atoms with Gasteiger partial charge in [0.2, 0.25) is 0 Å². The summed E-state index contributed by atoms with van der Waals surface area (Å²) >= 11 is 0. The molecule has 0 aliphatic carbocycles. The summed E-state index contributed by atoms with van der Waals surface area (Å²) in [4.78, 5) is 27.8. The third-order valence-corrected chi connectivity index (χ3v) is 6.06. The average molecular weight is 428 g/mol. The first-order valence-corrected chi connectivity index (χ1v) is 10.3. The van der Waals surface area contributed by atoms with Crippen LogP contribution in [0.4, 0.5) is 14.9 Å². The predicted molar refractivity (Wildman–Crippen MR) is 112 cm³/mol. The zero-order chi connectivity index (χ0) is 22.0. The van der Waals surface area contributed by atoms with Gasteiger partial charge < -0.3 is 14.6 Å². The second kappa shape index (κ2) is 8.93. The Bertz CT molecular complexity index is 957. The zero-order valence-corrected chi connectivity index (χ0v) is 17.3. The molecule has 3 saturated heterocycles. The second-order valence-corrected chi connectivity index (χ2v) is 7.97. The molecule has 7 nitrogen and oxygen atoms in total. The van der Waals surface area contributed by atoms with Crippen LogP contribution in [0.2, 0.25) is 0 Å². The first kappa shape index (κ1) is 21.1. The Morgan fingerprint density at radius 3 is 2.42 bits per heavy atom. The number of amides is 1. The molecule has 0 radical (unpaired) electrons. The number of benzene rings is 2. The van der Waals surface area contributed by atoms with E-state index in [1.54, 1.807) is 18.2 Å². The molecule has 1 N–H and O–H groups in total. The van der Waals surface area contributed by atoms with Crippen LogP contribution in [0.15, 0.2) is 42.5 Å². The highest BCUT2D eigenvalue weighted by atomic mass is 19.1. The lowest BCUT2D eigenvalue weighted by Crippen LogP contribution is -2.53. The molecule has 3 aliphatic rings. The van der Waals surface area contributed by atoms with E-state index in [1.165, 1.54) is 36.3 Å². The molecule has 3 heterocycles. The van der Waals surface area contributed by atoms with Crippen molar-refractivity contribution in [1.82, 2.24) is 4.90 Å². The third kappa shape index (κ3) is 4.64. The molecule has 3 fully saturated rings. The van der Waals surface area contributed by atoms with Crippen molar-refractivity contribution in [2.45, 2.75) is 25.5 Å². The molecule has 31 heavy (non-hydrogen) atoms. The number of ether oxygens (including phenoxy) is 2. The normalized spacial score (nSPS) is 22.1. The Morgan fingerprint density at radius 1 is 1.16 bits per heavy atom. The fourth-order valence-electron chi connectivity index (χ4n) is 4.25. The van der Waals surface area contributed by atoms with E-state index in [9.17, 15) is 14.0 Å². The SMILES string of the molecule is COc1ccc(N(Cc2ccc(C(=O)O)cc2)C(=O)O[C@H]2CN3CCC2CC3)c(F)c1. The Hall–Kier alpha value is -3.13. The Labute approximate surface area is 180 Å². The quantitative estimate of drug-likeness (QED) is 0.755. The van der Waals surface area contributed by atoms with Crippen LogP contribution in [-0.2, 0) is 11.3 Å². The number of fused-ring (bicyclic) bond motifs is 3. The van der Waals surface area contributed by atoms with Gasteiger partial charge in [-0.1, -0.05) is 12.1 Å². The number of hydrogen-bond donors (Lipinski definition) is 1. The van der Waals surface area contributed by atoms with Crippen molar-refractivity contribution in [3.8, 4) is 5.75 Å². The minimum absolute atomic E-state index is 0.0447. The minimum atomic E-state index is -1.04. The van der Waals surface area contributed by atoms with Crippen molar-refractivity contribution in [3.05, 3.63) is 59.4 Å². The summed E-state index contributed by atoms with van der Waals surface area (Å²) in [6.07, 6.45) is 1.15.